The number of aromatic nitrogens is 2. The summed E-state index contributed by atoms with van der Waals surface area (Å²) in [6.07, 6.45) is 0. The zero-order chi connectivity index (χ0) is 12.4. The molecule has 0 saturated carbocycles. The third-order valence-corrected chi connectivity index (χ3v) is 2.48. The van der Waals surface area contributed by atoms with Gasteiger partial charge in [0.2, 0.25) is 0 Å². The molecule has 0 aromatic carbocycles. The van der Waals surface area contributed by atoms with Crippen LogP contribution in [0.1, 0.15) is 16.3 Å². The fraction of sp³-hybridized carbons (Fsp3) is 0.273. The van der Waals surface area contributed by atoms with Gasteiger partial charge >= 0.3 is 5.97 Å². The Balaban J connectivity index is 2.70. The van der Waals surface area contributed by atoms with E-state index in [-0.39, 0.29) is 5.69 Å². The maximum atomic E-state index is 11.6. The fourth-order valence-corrected chi connectivity index (χ4v) is 1.76. The number of nitrogens with one attached hydrogen (secondary N) is 1. The van der Waals surface area contributed by atoms with E-state index in [0.717, 1.165) is 0 Å². The summed E-state index contributed by atoms with van der Waals surface area (Å²) in [4.78, 5) is 15.9. The smallest absolute Gasteiger partial charge is 0.358 e. The fourth-order valence-electron chi connectivity index (χ4n) is 1.76. The molecule has 17 heavy (non-hydrogen) atoms. The summed E-state index contributed by atoms with van der Waals surface area (Å²) in [7, 11) is 3.13. The van der Waals surface area contributed by atoms with Crippen LogP contribution in [0, 0.1) is 0 Å². The van der Waals surface area contributed by atoms with Crippen molar-refractivity contribution in [3.63, 3.8) is 0 Å². The van der Waals surface area contributed by atoms with Crippen molar-refractivity contribution in [2.24, 2.45) is 0 Å². The molecule has 0 spiro atoms. The Morgan fingerprint density at radius 2 is 2.35 bits per heavy atom. The van der Waals surface area contributed by atoms with E-state index in [1.165, 1.54) is 7.11 Å². The SMILES string of the molecule is CNCc1nc(C(=O)OC)c2cccc(N)n12. The van der Waals surface area contributed by atoms with Gasteiger partial charge in [0.25, 0.3) is 0 Å². The number of nitrogen functional groups attached to an aromatic ring is 1. The van der Waals surface area contributed by atoms with Crippen LogP contribution in [0.5, 0.6) is 0 Å². The van der Waals surface area contributed by atoms with E-state index in [2.05, 4.69) is 10.3 Å². The Kier molecular flexibility index (Phi) is 2.97. The summed E-state index contributed by atoms with van der Waals surface area (Å²) in [5, 5.41) is 2.98. The largest absolute Gasteiger partial charge is 0.464 e. The number of carbonyl (C=O) groups excluding carboxylic acids is 1. The van der Waals surface area contributed by atoms with Crippen molar-refractivity contribution in [1.29, 1.82) is 0 Å². The van der Waals surface area contributed by atoms with Crippen LogP contribution in [0.4, 0.5) is 5.82 Å². The summed E-state index contributed by atoms with van der Waals surface area (Å²) in [5.74, 6) is 0.756. The predicted octanol–water partition coefficient (Wildman–Crippen LogP) is 0.422. The van der Waals surface area contributed by atoms with Gasteiger partial charge in [-0.25, -0.2) is 9.78 Å². The van der Waals surface area contributed by atoms with Gasteiger partial charge in [-0.1, -0.05) is 6.07 Å². The molecule has 0 amide bonds. The van der Waals surface area contributed by atoms with Gasteiger partial charge < -0.3 is 15.8 Å². The number of pyridine rings is 1. The minimum atomic E-state index is -0.463. The third-order valence-electron chi connectivity index (χ3n) is 2.48. The Morgan fingerprint density at radius 1 is 1.59 bits per heavy atom. The van der Waals surface area contributed by atoms with Crippen molar-refractivity contribution in [1.82, 2.24) is 14.7 Å². The molecule has 6 heteroatoms. The Labute approximate surface area is 98.4 Å². The van der Waals surface area contributed by atoms with Gasteiger partial charge in [-0.2, -0.15) is 0 Å². The van der Waals surface area contributed by atoms with Crippen molar-refractivity contribution in [3.05, 3.63) is 29.7 Å². The van der Waals surface area contributed by atoms with Gasteiger partial charge in [-0.05, 0) is 19.2 Å². The van der Waals surface area contributed by atoms with Crippen molar-refractivity contribution in [2.75, 3.05) is 19.9 Å². The average molecular weight is 234 g/mol. The minimum Gasteiger partial charge on any atom is -0.464 e. The second-order valence-electron chi connectivity index (χ2n) is 3.57. The summed E-state index contributed by atoms with van der Waals surface area (Å²) < 4.78 is 6.44. The molecule has 0 saturated heterocycles. The number of carbonyl (C=O) groups is 1. The molecule has 0 bridgehead atoms. The molecule has 0 fully saturated rings. The topological polar surface area (TPSA) is 81.6 Å². The van der Waals surface area contributed by atoms with Crippen LogP contribution in [0.3, 0.4) is 0 Å². The molecule has 0 aliphatic heterocycles. The standard InChI is InChI=1S/C11H14N4O2/c1-13-6-9-14-10(11(16)17-2)7-4-3-5-8(12)15(7)9/h3-5,13H,6,12H2,1-2H3. The lowest BCUT2D eigenvalue weighted by Gasteiger charge is -2.03. The minimum absolute atomic E-state index is 0.282. The quantitative estimate of drug-likeness (QED) is 0.752. The summed E-state index contributed by atoms with van der Waals surface area (Å²) in [6, 6.07) is 5.33. The molecular formula is C11H14N4O2. The van der Waals surface area contributed by atoms with Crippen molar-refractivity contribution < 1.29 is 9.53 Å². The average Bonchev–Trinajstić information content (AvgIpc) is 2.69. The maximum Gasteiger partial charge on any atom is 0.358 e. The second-order valence-corrected chi connectivity index (χ2v) is 3.57. The summed E-state index contributed by atoms with van der Waals surface area (Å²) >= 11 is 0. The van der Waals surface area contributed by atoms with Crippen LogP contribution < -0.4 is 11.1 Å². The Bertz CT molecular complexity index is 562. The first-order valence-corrected chi connectivity index (χ1v) is 5.17. The number of hydrogen-bond donors (Lipinski definition) is 2. The lowest BCUT2D eigenvalue weighted by Crippen LogP contribution is -2.10. The highest BCUT2D eigenvalue weighted by molar-refractivity contribution is 5.95. The number of esters is 1. The van der Waals surface area contributed by atoms with Crippen LogP contribution in [0.15, 0.2) is 18.2 Å². The van der Waals surface area contributed by atoms with Gasteiger partial charge in [-0.3, -0.25) is 4.40 Å². The molecule has 2 aromatic rings. The number of nitrogens with two attached hydrogens (primary N) is 1. The van der Waals surface area contributed by atoms with Gasteiger partial charge in [-0.15, -0.1) is 0 Å². The molecule has 0 atom stereocenters. The highest BCUT2D eigenvalue weighted by atomic mass is 16.5. The van der Waals surface area contributed by atoms with Gasteiger partial charge in [0.05, 0.1) is 19.2 Å². The molecule has 2 rings (SSSR count). The lowest BCUT2D eigenvalue weighted by molar-refractivity contribution is 0.0597. The Morgan fingerprint density at radius 3 is 3.00 bits per heavy atom. The summed E-state index contributed by atoms with van der Waals surface area (Å²) in [6.45, 7) is 0.520. The molecule has 0 aliphatic carbocycles. The van der Waals surface area contributed by atoms with Crippen LogP contribution in [-0.4, -0.2) is 29.5 Å². The number of anilines is 1. The predicted molar refractivity (Wildman–Crippen MR) is 63.7 cm³/mol. The third kappa shape index (κ3) is 1.83. The number of methoxy groups -OCH3 is 1. The highest BCUT2D eigenvalue weighted by Crippen LogP contribution is 2.18. The molecule has 3 N–H and O–H groups in total. The first-order valence-electron chi connectivity index (χ1n) is 5.17. The number of imidazole rings is 1. The van der Waals surface area contributed by atoms with E-state index in [4.69, 9.17) is 10.5 Å². The molecule has 2 aromatic heterocycles. The molecule has 0 radical (unpaired) electrons. The van der Waals surface area contributed by atoms with E-state index < -0.39 is 5.97 Å². The van der Waals surface area contributed by atoms with Crippen LogP contribution >= 0.6 is 0 Å². The molecule has 6 nitrogen and oxygen atoms in total. The van der Waals surface area contributed by atoms with E-state index in [0.29, 0.717) is 23.7 Å². The number of hydrogen-bond acceptors (Lipinski definition) is 5. The second kappa shape index (κ2) is 4.42. The zero-order valence-electron chi connectivity index (χ0n) is 9.73. The van der Waals surface area contributed by atoms with E-state index >= 15 is 0 Å². The van der Waals surface area contributed by atoms with Crippen molar-refractivity contribution >= 4 is 17.3 Å². The maximum absolute atomic E-state index is 11.6. The lowest BCUT2D eigenvalue weighted by atomic mass is 10.3. The molecule has 90 valence electrons. The van der Waals surface area contributed by atoms with E-state index in [9.17, 15) is 4.79 Å². The zero-order valence-corrected chi connectivity index (χ0v) is 9.73. The number of ether oxygens (including phenoxy) is 1. The number of rotatable bonds is 3. The molecule has 2 heterocycles. The molecule has 0 aliphatic rings. The van der Waals surface area contributed by atoms with Crippen molar-refractivity contribution in [2.45, 2.75) is 6.54 Å². The van der Waals surface area contributed by atoms with Crippen LogP contribution in [-0.2, 0) is 11.3 Å². The first kappa shape index (κ1) is 11.4. The Hall–Kier alpha value is -2.08. The van der Waals surface area contributed by atoms with E-state index in [1.54, 1.807) is 29.6 Å². The molecule has 0 unspecified atom stereocenters. The number of nitrogens with zero attached hydrogens (tertiary/aromatic N) is 2. The summed E-state index contributed by atoms with van der Waals surface area (Å²) in [5.41, 5.74) is 6.82. The van der Waals surface area contributed by atoms with Crippen LogP contribution in [0.25, 0.3) is 5.52 Å². The molecular weight excluding hydrogens is 220 g/mol. The normalized spacial score (nSPS) is 10.7. The monoisotopic (exact) mass is 234 g/mol. The van der Waals surface area contributed by atoms with Crippen molar-refractivity contribution in [3.8, 4) is 0 Å². The van der Waals surface area contributed by atoms with Gasteiger partial charge in [0.15, 0.2) is 5.69 Å². The van der Waals surface area contributed by atoms with Crippen LogP contribution in [0.2, 0.25) is 0 Å². The van der Waals surface area contributed by atoms with Gasteiger partial charge in [0, 0.05) is 0 Å². The van der Waals surface area contributed by atoms with E-state index in [1.807, 2.05) is 0 Å². The highest BCUT2D eigenvalue weighted by Gasteiger charge is 2.18. The number of fused-ring (bicyclic) bond motifs is 1. The first-order chi connectivity index (χ1) is 8.19. The van der Waals surface area contributed by atoms with Gasteiger partial charge in [0.1, 0.15) is 11.6 Å².